The van der Waals surface area contributed by atoms with Crippen molar-refractivity contribution < 1.29 is 29.0 Å². The number of hydrogen-bond donors (Lipinski definition) is 2. The van der Waals surface area contributed by atoms with Gasteiger partial charge in [-0.05, 0) is 67.5 Å². The van der Waals surface area contributed by atoms with Crippen molar-refractivity contribution >= 4 is 23.5 Å². The number of anilines is 1. The number of carbonyl (C=O) groups is 3. The number of rotatable bonds is 5. The van der Waals surface area contributed by atoms with E-state index >= 15 is 0 Å². The van der Waals surface area contributed by atoms with E-state index in [4.69, 9.17) is 19.8 Å². The van der Waals surface area contributed by atoms with Gasteiger partial charge in [0.05, 0.1) is 0 Å². The van der Waals surface area contributed by atoms with Gasteiger partial charge >= 0.3 is 11.9 Å². The molecule has 1 amide bonds. The normalized spacial score (nSPS) is 18.5. The molecule has 0 radical (unpaired) electrons. The number of carbonyl (C=O) groups excluding carboxylic acids is 1. The molecule has 1 unspecified atom stereocenters. The van der Waals surface area contributed by atoms with E-state index in [1.54, 1.807) is 12.1 Å². The molecule has 0 spiro atoms. The minimum absolute atomic E-state index is 0.147. The van der Waals surface area contributed by atoms with E-state index in [-0.39, 0.29) is 11.7 Å². The fourth-order valence-corrected chi connectivity index (χ4v) is 4.39. The summed E-state index contributed by atoms with van der Waals surface area (Å²) in [6.07, 6.45) is 4.77. The van der Waals surface area contributed by atoms with Crippen molar-refractivity contribution in [3.63, 3.8) is 0 Å². The van der Waals surface area contributed by atoms with Crippen LogP contribution in [0.4, 0.5) is 10.1 Å². The summed E-state index contributed by atoms with van der Waals surface area (Å²) in [6, 6.07) is 15.3. The van der Waals surface area contributed by atoms with Gasteiger partial charge in [0.1, 0.15) is 5.82 Å². The van der Waals surface area contributed by atoms with E-state index < -0.39 is 11.9 Å². The average Bonchev–Trinajstić information content (AvgIpc) is 3.28. The van der Waals surface area contributed by atoms with Crippen molar-refractivity contribution in [1.29, 1.82) is 0 Å². The van der Waals surface area contributed by atoms with Crippen molar-refractivity contribution in [3.8, 4) is 0 Å². The smallest absolute Gasteiger partial charge is 0.414 e. The third-order valence-corrected chi connectivity index (χ3v) is 6.08. The molecule has 2 aliphatic heterocycles. The van der Waals surface area contributed by atoms with Crippen molar-refractivity contribution in [2.75, 3.05) is 31.1 Å². The summed E-state index contributed by atoms with van der Waals surface area (Å²) >= 11 is 0. The lowest BCUT2D eigenvalue weighted by atomic mass is 9.98. The molecule has 2 aromatic carbocycles. The number of amides is 1. The Balaban J connectivity index is 0.000000454. The Bertz CT molecular complexity index is 984. The predicted octanol–water partition coefficient (Wildman–Crippen LogP) is 3.53. The van der Waals surface area contributed by atoms with E-state index in [0.717, 1.165) is 63.1 Å². The molecule has 0 aliphatic carbocycles. The van der Waals surface area contributed by atoms with Crippen LogP contribution in [-0.2, 0) is 20.8 Å². The highest BCUT2D eigenvalue weighted by Gasteiger charge is 2.25. The number of nitrogens with zero attached hydrogens (tertiary/aromatic N) is 2. The first-order valence-electron chi connectivity index (χ1n) is 11.2. The number of carboxylic acid groups (broad SMARTS) is 2. The molecule has 2 heterocycles. The van der Waals surface area contributed by atoms with E-state index in [2.05, 4.69) is 23.1 Å². The molecule has 4 rings (SSSR count). The number of hydrogen-bond acceptors (Lipinski definition) is 4. The zero-order chi connectivity index (χ0) is 23.8. The maximum atomic E-state index is 13.5. The van der Waals surface area contributed by atoms with Gasteiger partial charge in [0.2, 0.25) is 5.91 Å². The fourth-order valence-electron chi connectivity index (χ4n) is 4.39. The molecule has 8 heteroatoms. The summed E-state index contributed by atoms with van der Waals surface area (Å²) in [5, 5.41) is 14.8. The summed E-state index contributed by atoms with van der Waals surface area (Å²) in [5.41, 5.74) is 3.45. The zero-order valence-corrected chi connectivity index (χ0v) is 18.5. The average molecular weight is 457 g/mol. The number of carboxylic acids is 2. The van der Waals surface area contributed by atoms with Gasteiger partial charge in [-0.1, -0.05) is 30.3 Å². The first-order chi connectivity index (χ1) is 15.8. The Kier molecular flexibility index (Phi) is 8.54. The summed E-state index contributed by atoms with van der Waals surface area (Å²) < 4.78 is 13.5. The molecule has 0 aromatic heterocycles. The third-order valence-electron chi connectivity index (χ3n) is 6.08. The van der Waals surface area contributed by atoms with Crippen LogP contribution in [0, 0.1) is 5.82 Å². The summed E-state index contributed by atoms with van der Waals surface area (Å²) in [5.74, 6) is -3.13. The Morgan fingerprint density at radius 3 is 2.45 bits per heavy atom. The van der Waals surface area contributed by atoms with Crippen molar-refractivity contribution in [3.05, 3.63) is 65.5 Å². The van der Waals surface area contributed by atoms with E-state index in [9.17, 15) is 9.18 Å². The standard InChI is InChI=1S/C23H27FN2O.C2H2O4/c24-21-8-5-7-19(16-21)20-12-15-25(17-20)14-11-18-6-1-2-9-22(18)26-13-4-3-10-23(26)27;3-1(4)2(5)6/h1-2,5-9,16,20H,3-4,10-15,17H2;(H,3,4)(H,5,6). The van der Waals surface area contributed by atoms with Crippen LogP contribution in [0.25, 0.3) is 0 Å². The largest absolute Gasteiger partial charge is 0.473 e. The lowest BCUT2D eigenvalue weighted by molar-refractivity contribution is -0.159. The Morgan fingerprint density at radius 2 is 1.76 bits per heavy atom. The topological polar surface area (TPSA) is 98.1 Å². The molecule has 2 saturated heterocycles. The number of likely N-dealkylation sites (tertiary alicyclic amines) is 1. The minimum atomic E-state index is -1.82. The molecule has 33 heavy (non-hydrogen) atoms. The van der Waals surface area contributed by atoms with Gasteiger partial charge in [0.25, 0.3) is 0 Å². The van der Waals surface area contributed by atoms with Gasteiger partial charge in [-0.3, -0.25) is 4.79 Å². The van der Waals surface area contributed by atoms with Crippen molar-refractivity contribution in [1.82, 2.24) is 4.90 Å². The summed E-state index contributed by atoms with van der Waals surface area (Å²) in [6.45, 7) is 3.84. The second-order valence-corrected chi connectivity index (χ2v) is 8.33. The maximum Gasteiger partial charge on any atom is 0.414 e. The van der Waals surface area contributed by atoms with Gasteiger partial charge in [0.15, 0.2) is 0 Å². The molecule has 0 saturated carbocycles. The highest BCUT2D eigenvalue weighted by Crippen LogP contribution is 2.29. The number of halogens is 1. The number of aliphatic carboxylic acids is 2. The third kappa shape index (κ3) is 6.86. The highest BCUT2D eigenvalue weighted by atomic mass is 19.1. The summed E-state index contributed by atoms with van der Waals surface area (Å²) in [4.78, 5) is 35.0. The molecule has 2 fully saturated rings. The SMILES string of the molecule is O=C(O)C(=O)O.O=C1CCCCN1c1ccccc1CCN1CCC(c2cccc(F)c2)C1. The molecular weight excluding hydrogens is 427 g/mol. The number of piperidine rings is 1. The van der Waals surface area contributed by atoms with E-state index in [1.165, 1.54) is 11.6 Å². The maximum absolute atomic E-state index is 13.5. The molecule has 7 nitrogen and oxygen atoms in total. The molecule has 1 atom stereocenters. The van der Waals surface area contributed by atoms with Gasteiger partial charge in [-0.25, -0.2) is 14.0 Å². The highest BCUT2D eigenvalue weighted by molar-refractivity contribution is 6.27. The minimum Gasteiger partial charge on any atom is -0.473 e. The molecule has 176 valence electrons. The Hall–Kier alpha value is -3.26. The molecule has 2 aromatic rings. The number of benzene rings is 2. The Morgan fingerprint density at radius 1 is 1.00 bits per heavy atom. The molecule has 2 aliphatic rings. The van der Waals surface area contributed by atoms with Crippen LogP contribution in [0.1, 0.15) is 42.7 Å². The van der Waals surface area contributed by atoms with Gasteiger partial charge in [0, 0.05) is 31.7 Å². The lowest BCUT2D eigenvalue weighted by Crippen LogP contribution is -2.36. The van der Waals surface area contributed by atoms with Crippen LogP contribution < -0.4 is 4.90 Å². The molecule has 0 bridgehead atoms. The summed E-state index contributed by atoms with van der Waals surface area (Å²) in [7, 11) is 0. The van der Waals surface area contributed by atoms with Crippen molar-refractivity contribution in [2.24, 2.45) is 0 Å². The zero-order valence-electron chi connectivity index (χ0n) is 18.5. The van der Waals surface area contributed by atoms with Gasteiger partial charge in [-0.15, -0.1) is 0 Å². The lowest BCUT2D eigenvalue weighted by Gasteiger charge is -2.29. The second-order valence-electron chi connectivity index (χ2n) is 8.33. The van der Waals surface area contributed by atoms with Crippen LogP contribution in [-0.4, -0.2) is 59.1 Å². The first kappa shape index (κ1) is 24.4. The van der Waals surface area contributed by atoms with Crippen molar-refractivity contribution in [2.45, 2.75) is 38.0 Å². The monoisotopic (exact) mass is 456 g/mol. The Labute approximate surface area is 192 Å². The second kappa shape index (κ2) is 11.6. The van der Waals surface area contributed by atoms with Gasteiger partial charge < -0.3 is 20.0 Å². The van der Waals surface area contributed by atoms with Crippen LogP contribution in [0.15, 0.2) is 48.5 Å². The first-order valence-corrected chi connectivity index (χ1v) is 11.2. The quantitative estimate of drug-likeness (QED) is 0.668. The van der Waals surface area contributed by atoms with E-state index in [0.29, 0.717) is 12.3 Å². The van der Waals surface area contributed by atoms with Gasteiger partial charge in [-0.2, -0.15) is 0 Å². The number of para-hydroxylation sites is 1. The van der Waals surface area contributed by atoms with Crippen LogP contribution in [0.3, 0.4) is 0 Å². The van der Waals surface area contributed by atoms with E-state index in [1.807, 2.05) is 17.0 Å². The van der Waals surface area contributed by atoms with Crippen LogP contribution in [0.5, 0.6) is 0 Å². The fraction of sp³-hybridized carbons (Fsp3) is 0.400. The van der Waals surface area contributed by atoms with Crippen LogP contribution >= 0.6 is 0 Å². The molecular formula is C25H29FN2O5. The van der Waals surface area contributed by atoms with Crippen LogP contribution in [0.2, 0.25) is 0 Å². The molecule has 2 N–H and O–H groups in total. The predicted molar refractivity (Wildman–Crippen MR) is 122 cm³/mol.